The summed E-state index contributed by atoms with van der Waals surface area (Å²) in [5.41, 5.74) is -0.526. The van der Waals surface area contributed by atoms with Crippen LogP contribution in [0, 0.1) is 0 Å². The van der Waals surface area contributed by atoms with Gasteiger partial charge in [0.05, 0.1) is 5.60 Å². The molecule has 2 aliphatic heterocycles. The third kappa shape index (κ3) is 2.94. The van der Waals surface area contributed by atoms with Crippen molar-refractivity contribution >= 4 is 16.9 Å². The zero-order valence-corrected chi connectivity index (χ0v) is 15.6. The second-order valence-electron chi connectivity index (χ2n) is 8.61. The predicted molar refractivity (Wildman–Crippen MR) is 99.8 cm³/mol. The maximum Gasteiger partial charge on any atom is 0.410 e. The number of ether oxygens (including phenoxy) is 1. The summed E-state index contributed by atoms with van der Waals surface area (Å²) in [6.45, 7) is 5.66. The van der Waals surface area contributed by atoms with Gasteiger partial charge in [0.15, 0.2) is 0 Å². The largest absolute Gasteiger partial charge is 0.444 e. The second-order valence-corrected chi connectivity index (χ2v) is 8.61. The number of hydrogen-bond acceptors (Lipinski definition) is 4. The lowest BCUT2D eigenvalue weighted by molar-refractivity contribution is -0.0616. The fourth-order valence-corrected chi connectivity index (χ4v) is 4.58. The number of amides is 1. The lowest BCUT2D eigenvalue weighted by atomic mass is 9.79. The Morgan fingerprint density at radius 1 is 1.23 bits per heavy atom. The average molecular weight is 354 g/mol. The van der Waals surface area contributed by atoms with E-state index in [0.717, 1.165) is 29.2 Å². The van der Waals surface area contributed by atoms with E-state index >= 15 is 0 Å². The lowest BCUT2D eigenvalue weighted by Gasteiger charge is -2.44. The van der Waals surface area contributed by atoms with Crippen LogP contribution in [-0.4, -0.2) is 38.8 Å². The second kappa shape index (κ2) is 5.95. The molecule has 2 bridgehead atoms. The van der Waals surface area contributed by atoms with Crippen LogP contribution in [0.5, 0.6) is 0 Å². The number of benzene rings is 1. The summed E-state index contributed by atoms with van der Waals surface area (Å²) in [5, 5.41) is 13.6. The van der Waals surface area contributed by atoms with E-state index in [1.54, 1.807) is 6.20 Å². The number of piperidine rings is 1. The molecule has 138 valence electrons. The zero-order valence-electron chi connectivity index (χ0n) is 15.6. The molecule has 1 aromatic carbocycles. The van der Waals surface area contributed by atoms with Crippen LogP contribution in [0.4, 0.5) is 4.79 Å². The van der Waals surface area contributed by atoms with Gasteiger partial charge in [-0.3, -0.25) is 4.98 Å². The summed E-state index contributed by atoms with van der Waals surface area (Å²) >= 11 is 0. The summed E-state index contributed by atoms with van der Waals surface area (Å²) in [7, 11) is 0. The molecule has 4 rings (SSSR count). The van der Waals surface area contributed by atoms with Crippen LogP contribution in [0.25, 0.3) is 10.8 Å². The number of hydrogen-bond donors (Lipinski definition) is 1. The van der Waals surface area contributed by atoms with E-state index in [0.29, 0.717) is 12.8 Å². The Balaban J connectivity index is 1.65. The van der Waals surface area contributed by atoms with E-state index in [4.69, 9.17) is 4.74 Å². The average Bonchev–Trinajstić information content (AvgIpc) is 2.85. The number of carbonyl (C=O) groups excluding carboxylic acids is 1. The highest BCUT2D eigenvalue weighted by molar-refractivity contribution is 5.85. The van der Waals surface area contributed by atoms with Crippen LogP contribution in [0.15, 0.2) is 36.7 Å². The molecule has 2 saturated heterocycles. The molecule has 5 nitrogen and oxygen atoms in total. The van der Waals surface area contributed by atoms with Crippen LogP contribution in [0.2, 0.25) is 0 Å². The molecule has 2 fully saturated rings. The smallest absolute Gasteiger partial charge is 0.410 e. The third-order valence-corrected chi connectivity index (χ3v) is 5.56. The maximum atomic E-state index is 12.6. The van der Waals surface area contributed by atoms with Crippen LogP contribution >= 0.6 is 0 Å². The summed E-state index contributed by atoms with van der Waals surface area (Å²) in [4.78, 5) is 18.8. The Morgan fingerprint density at radius 3 is 2.58 bits per heavy atom. The highest BCUT2D eigenvalue weighted by atomic mass is 16.6. The van der Waals surface area contributed by atoms with Crippen LogP contribution in [-0.2, 0) is 10.3 Å². The van der Waals surface area contributed by atoms with Crippen molar-refractivity contribution in [3.8, 4) is 0 Å². The fraction of sp³-hybridized carbons (Fsp3) is 0.524. The number of rotatable bonds is 1. The minimum Gasteiger partial charge on any atom is -0.444 e. The first-order valence-corrected chi connectivity index (χ1v) is 9.34. The van der Waals surface area contributed by atoms with E-state index in [1.807, 2.05) is 56.1 Å². The fourth-order valence-electron chi connectivity index (χ4n) is 4.58. The molecule has 2 atom stereocenters. The molecule has 1 N–H and O–H groups in total. The summed E-state index contributed by atoms with van der Waals surface area (Å²) in [6, 6.07) is 8.01. The number of aromatic nitrogens is 1. The van der Waals surface area contributed by atoms with Crippen LogP contribution in [0.3, 0.4) is 0 Å². The quantitative estimate of drug-likeness (QED) is 0.841. The van der Waals surface area contributed by atoms with Gasteiger partial charge in [0, 0.05) is 42.7 Å². The van der Waals surface area contributed by atoms with Gasteiger partial charge in [-0.2, -0.15) is 0 Å². The van der Waals surface area contributed by atoms with Gasteiger partial charge in [-0.15, -0.1) is 0 Å². The Bertz CT molecular complexity index is 823. The molecule has 2 unspecified atom stereocenters. The van der Waals surface area contributed by atoms with Gasteiger partial charge >= 0.3 is 6.09 Å². The van der Waals surface area contributed by atoms with Crippen molar-refractivity contribution < 1.29 is 14.6 Å². The Morgan fingerprint density at radius 2 is 1.92 bits per heavy atom. The van der Waals surface area contributed by atoms with Crippen molar-refractivity contribution in [3.63, 3.8) is 0 Å². The van der Waals surface area contributed by atoms with Crippen molar-refractivity contribution in [2.24, 2.45) is 0 Å². The maximum absolute atomic E-state index is 12.6. The van der Waals surface area contributed by atoms with E-state index in [9.17, 15) is 9.90 Å². The minimum absolute atomic E-state index is 0.0144. The SMILES string of the molecule is CC(C)(C)OC(=O)N1C2CCC1CC(O)(c1cccc3ccncc13)C2. The van der Waals surface area contributed by atoms with Gasteiger partial charge in [-0.05, 0) is 50.6 Å². The normalized spacial score (nSPS) is 28.4. The first kappa shape index (κ1) is 17.3. The molecule has 1 aromatic heterocycles. The lowest BCUT2D eigenvalue weighted by Crippen LogP contribution is -2.53. The van der Waals surface area contributed by atoms with Crippen molar-refractivity contribution in [2.75, 3.05) is 0 Å². The molecule has 1 amide bonds. The monoisotopic (exact) mass is 354 g/mol. The van der Waals surface area contributed by atoms with Gasteiger partial charge in [0.1, 0.15) is 5.60 Å². The highest BCUT2D eigenvalue weighted by Crippen LogP contribution is 2.47. The van der Waals surface area contributed by atoms with Crippen LogP contribution < -0.4 is 0 Å². The third-order valence-electron chi connectivity index (χ3n) is 5.56. The van der Waals surface area contributed by atoms with Crippen molar-refractivity contribution in [1.29, 1.82) is 0 Å². The number of pyridine rings is 1. The predicted octanol–water partition coefficient (Wildman–Crippen LogP) is 3.98. The highest BCUT2D eigenvalue weighted by Gasteiger charge is 2.51. The number of carbonyl (C=O) groups is 1. The van der Waals surface area contributed by atoms with Gasteiger partial charge in [-0.25, -0.2) is 4.79 Å². The van der Waals surface area contributed by atoms with Gasteiger partial charge in [-0.1, -0.05) is 18.2 Å². The van der Waals surface area contributed by atoms with Gasteiger partial charge < -0.3 is 14.7 Å². The Kier molecular flexibility index (Phi) is 3.95. The van der Waals surface area contributed by atoms with Gasteiger partial charge in [0.2, 0.25) is 0 Å². The van der Waals surface area contributed by atoms with E-state index in [1.165, 1.54) is 0 Å². The van der Waals surface area contributed by atoms with E-state index in [2.05, 4.69) is 4.98 Å². The minimum atomic E-state index is -0.938. The molecule has 0 spiro atoms. The van der Waals surface area contributed by atoms with E-state index in [-0.39, 0.29) is 18.2 Å². The van der Waals surface area contributed by atoms with Crippen LogP contribution in [0.1, 0.15) is 52.0 Å². The van der Waals surface area contributed by atoms with Crippen molar-refractivity contribution in [3.05, 3.63) is 42.2 Å². The first-order valence-electron chi connectivity index (χ1n) is 9.34. The molecule has 5 heteroatoms. The van der Waals surface area contributed by atoms with E-state index < -0.39 is 11.2 Å². The molecule has 2 aromatic rings. The summed E-state index contributed by atoms with van der Waals surface area (Å²) in [6.07, 6.45) is 6.24. The number of fused-ring (bicyclic) bond motifs is 3. The topological polar surface area (TPSA) is 62.7 Å². The number of aliphatic hydroxyl groups is 1. The van der Waals surface area contributed by atoms with Gasteiger partial charge in [0.25, 0.3) is 0 Å². The molecule has 0 radical (unpaired) electrons. The van der Waals surface area contributed by atoms with Crippen molar-refractivity contribution in [2.45, 2.75) is 69.7 Å². The molecule has 3 heterocycles. The molecule has 26 heavy (non-hydrogen) atoms. The molecular weight excluding hydrogens is 328 g/mol. The Hall–Kier alpha value is -2.14. The summed E-state index contributed by atoms with van der Waals surface area (Å²) < 4.78 is 5.60. The Labute approximate surface area is 154 Å². The number of nitrogens with zero attached hydrogens (tertiary/aromatic N) is 2. The molecule has 0 saturated carbocycles. The van der Waals surface area contributed by atoms with Crippen molar-refractivity contribution in [1.82, 2.24) is 9.88 Å². The molecule has 2 aliphatic rings. The summed E-state index contributed by atoms with van der Waals surface area (Å²) in [5.74, 6) is 0. The molecule has 0 aliphatic carbocycles. The zero-order chi connectivity index (χ0) is 18.5. The standard InChI is InChI=1S/C21H26N2O3/c1-20(2,3)26-19(24)23-15-7-8-16(23)12-21(25,11-15)18-6-4-5-14-9-10-22-13-17(14)18/h4-6,9-10,13,15-16,25H,7-8,11-12H2,1-3H3. The first-order chi connectivity index (χ1) is 12.3. The molecular formula is C21H26N2O3.